The minimum atomic E-state index is -0.410. The lowest BCUT2D eigenvalue weighted by Crippen LogP contribution is -2.18. The number of nitrogens with one attached hydrogen (secondary N) is 1. The summed E-state index contributed by atoms with van der Waals surface area (Å²) in [6, 6.07) is 10.8. The Morgan fingerprint density at radius 3 is 2.72 bits per heavy atom. The van der Waals surface area contributed by atoms with Crippen molar-refractivity contribution in [3.63, 3.8) is 0 Å². The minimum absolute atomic E-state index is 0.189. The van der Waals surface area contributed by atoms with Gasteiger partial charge in [-0.15, -0.1) is 0 Å². The molecule has 0 aliphatic carbocycles. The topological polar surface area (TPSA) is 81.0 Å². The van der Waals surface area contributed by atoms with Gasteiger partial charge in [-0.1, -0.05) is 30.3 Å². The van der Waals surface area contributed by atoms with Crippen LogP contribution in [0.3, 0.4) is 0 Å². The summed E-state index contributed by atoms with van der Waals surface area (Å²) in [7, 11) is 0. The Kier molecular flexibility index (Phi) is 3.74. The molecule has 0 spiro atoms. The Labute approximate surface area is 105 Å². The number of rotatable bonds is 4. The molecule has 5 nitrogen and oxygen atoms in total. The molecule has 18 heavy (non-hydrogen) atoms. The van der Waals surface area contributed by atoms with Gasteiger partial charge >= 0.3 is 0 Å². The molecule has 1 aromatic heterocycles. The van der Waals surface area contributed by atoms with Crippen LogP contribution in [-0.4, -0.2) is 16.6 Å². The molecule has 1 unspecified atom stereocenters. The molecule has 0 aliphatic rings. The molecule has 0 saturated heterocycles. The first-order valence-corrected chi connectivity index (χ1v) is 5.74. The van der Waals surface area contributed by atoms with Gasteiger partial charge in [0.2, 0.25) is 0 Å². The van der Waals surface area contributed by atoms with Crippen LogP contribution in [0.1, 0.15) is 24.4 Å². The molecule has 2 aromatic rings. The van der Waals surface area contributed by atoms with Crippen molar-refractivity contribution in [1.82, 2.24) is 9.97 Å². The smallest absolute Gasteiger partial charge is 0.253 e. The third-order valence-electron chi connectivity index (χ3n) is 2.46. The van der Waals surface area contributed by atoms with Crippen molar-refractivity contribution in [2.24, 2.45) is 0 Å². The van der Waals surface area contributed by atoms with Crippen molar-refractivity contribution in [1.29, 1.82) is 0 Å². The number of H-pyrrole nitrogens is 1. The number of hydrogen-bond donors (Lipinski definition) is 2. The number of nitrogens with two attached hydrogens (primary N) is 1. The normalized spacial score (nSPS) is 12.3. The zero-order valence-electron chi connectivity index (χ0n) is 10.1. The zero-order chi connectivity index (χ0) is 13.0. The first-order chi connectivity index (χ1) is 8.70. The van der Waals surface area contributed by atoms with E-state index in [1.165, 1.54) is 6.07 Å². The Balaban J connectivity index is 2.44. The molecule has 1 aromatic carbocycles. The minimum Gasteiger partial charge on any atom is -0.383 e. The zero-order valence-corrected chi connectivity index (χ0v) is 10.1. The van der Waals surface area contributed by atoms with Gasteiger partial charge in [-0.05, 0) is 12.5 Å². The molecular formula is C13H15N3O2. The van der Waals surface area contributed by atoms with E-state index < -0.39 is 6.10 Å². The molecule has 94 valence electrons. The lowest BCUT2D eigenvalue weighted by molar-refractivity contribution is 0.0850. The molecule has 2 rings (SSSR count). The summed E-state index contributed by atoms with van der Waals surface area (Å²) < 4.78 is 5.64. The third-order valence-corrected chi connectivity index (χ3v) is 2.46. The Bertz CT molecular complexity index is 566. The molecule has 0 saturated carbocycles. The van der Waals surface area contributed by atoms with Crippen molar-refractivity contribution in [3.05, 3.63) is 58.1 Å². The SMILES string of the molecule is CCOC(c1ccccc1)c1nc(N)cc(=O)[nH]1. The van der Waals surface area contributed by atoms with Crippen LogP contribution in [0.4, 0.5) is 5.82 Å². The van der Waals surface area contributed by atoms with Crippen LogP contribution < -0.4 is 11.3 Å². The summed E-state index contributed by atoms with van der Waals surface area (Å²) in [6.07, 6.45) is -0.410. The maximum atomic E-state index is 11.4. The van der Waals surface area contributed by atoms with Crippen LogP contribution in [-0.2, 0) is 4.74 Å². The summed E-state index contributed by atoms with van der Waals surface area (Å²) >= 11 is 0. The van der Waals surface area contributed by atoms with Crippen molar-refractivity contribution in [2.75, 3.05) is 12.3 Å². The van der Waals surface area contributed by atoms with Crippen molar-refractivity contribution < 1.29 is 4.74 Å². The van der Waals surface area contributed by atoms with E-state index in [-0.39, 0.29) is 11.4 Å². The van der Waals surface area contributed by atoms with Gasteiger partial charge in [-0.2, -0.15) is 0 Å². The Morgan fingerprint density at radius 2 is 2.11 bits per heavy atom. The van der Waals surface area contributed by atoms with Crippen LogP contribution >= 0.6 is 0 Å². The van der Waals surface area contributed by atoms with Gasteiger partial charge in [0.25, 0.3) is 5.56 Å². The third kappa shape index (κ3) is 2.75. The van der Waals surface area contributed by atoms with E-state index in [1.807, 2.05) is 37.3 Å². The Morgan fingerprint density at radius 1 is 1.39 bits per heavy atom. The maximum absolute atomic E-state index is 11.4. The van der Waals surface area contributed by atoms with Gasteiger partial charge in [-0.3, -0.25) is 4.79 Å². The second-order valence-corrected chi connectivity index (χ2v) is 3.80. The van der Waals surface area contributed by atoms with Gasteiger partial charge in [0.05, 0.1) is 0 Å². The summed E-state index contributed by atoms with van der Waals surface area (Å²) in [5.74, 6) is 0.613. The molecule has 3 N–H and O–H groups in total. The largest absolute Gasteiger partial charge is 0.383 e. The number of nitrogens with zero attached hydrogens (tertiary/aromatic N) is 1. The summed E-state index contributed by atoms with van der Waals surface area (Å²) in [4.78, 5) is 18.2. The predicted octanol–water partition coefficient (Wildman–Crippen LogP) is 1.48. The lowest BCUT2D eigenvalue weighted by atomic mass is 10.1. The molecule has 1 atom stereocenters. The molecule has 0 radical (unpaired) electrons. The fraction of sp³-hybridized carbons (Fsp3) is 0.231. The number of aromatic nitrogens is 2. The van der Waals surface area contributed by atoms with E-state index >= 15 is 0 Å². The number of anilines is 1. The Hall–Kier alpha value is -2.14. The highest BCUT2D eigenvalue weighted by Crippen LogP contribution is 2.22. The lowest BCUT2D eigenvalue weighted by Gasteiger charge is -2.16. The van der Waals surface area contributed by atoms with E-state index in [4.69, 9.17) is 10.5 Å². The number of ether oxygens (including phenoxy) is 1. The van der Waals surface area contributed by atoms with E-state index in [0.717, 1.165) is 5.56 Å². The number of aromatic amines is 1. The summed E-state index contributed by atoms with van der Waals surface area (Å²) in [5, 5.41) is 0. The molecule has 5 heteroatoms. The highest BCUT2D eigenvalue weighted by Gasteiger charge is 2.17. The van der Waals surface area contributed by atoms with Crippen molar-refractivity contribution in [3.8, 4) is 0 Å². The monoisotopic (exact) mass is 245 g/mol. The van der Waals surface area contributed by atoms with Crippen LogP contribution in [0.2, 0.25) is 0 Å². The van der Waals surface area contributed by atoms with E-state index in [0.29, 0.717) is 12.4 Å². The van der Waals surface area contributed by atoms with Gasteiger partial charge in [0.1, 0.15) is 17.7 Å². The average Bonchev–Trinajstić information content (AvgIpc) is 2.36. The van der Waals surface area contributed by atoms with E-state index in [1.54, 1.807) is 0 Å². The quantitative estimate of drug-likeness (QED) is 0.854. The second kappa shape index (κ2) is 5.46. The first kappa shape index (κ1) is 12.3. The fourth-order valence-electron chi connectivity index (χ4n) is 1.75. The van der Waals surface area contributed by atoms with Crippen molar-refractivity contribution >= 4 is 5.82 Å². The molecule has 0 amide bonds. The number of benzene rings is 1. The number of nitrogen functional groups attached to an aromatic ring is 1. The van der Waals surface area contributed by atoms with Crippen molar-refractivity contribution in [2.45, 2.75) is 13.0 Å². The average molecular weight is 245 g/mol. The van der Waals surface area contributed by atoms with Crippen LogP contribution in [0.15, 0.2) is 41.2 Å². The molecule has 1 heterocycles. The number of hydrogen-bond acceptors (Lipinski definition) is 4. The second-order valence-electron chi connectivity index (χ2n) is 3.80. The van der Waals surface area contributed by atoms with Crippen LogP contribution in [0.5, 0.6) is 0 Å². The van der Waals surface area contributed by atoms with Gasteiger partial charge in [0, 0.05) is 12.7 Å². The van der Waals surface area contributed by atoms with Crippen LogP contribution in [0.25, 0.3) is 0 Å². The van der Waals surface area contributed by atoms with E-state index in [2.05, 4.69) is 9.97 Å². The van der Waals surface area contributed by atoms with Gasteiger partial charge in [0.15, 0.2) is 0 Å². The maximum Gasteiger partial charge on any atom is 0.253 e. The highest BCUT2D eigenvalue weighted by molar-refractivity contribution is 5.29. The fourth-order valence-corrected chi connectivity index (χ4v) is 1.75. The molecule has 0 bridgehead atoms. The molecule has 0 aliphatic heterocycles. The standard InChI is InChI=1S/C13H15N3O2/c1-2-18-12(9-6-4-3-5-7-9)13-15-10(14)8-11(17)16-13/h3-8,12H,2H2,1H3,(H3,14,15,16,17). The summed E-state index contributed by atoms with van der Waals surface area (Å²) in [5.41, 5.74) is 6.23. The van der Waals surface area contributed by atoms with Gasteiger partial charge in [-0.25, -0.2) is 4.98 Å². The van der Waals surface area contributed by atoms with Gasteiger partial charge < -0.3 is 15.5 Å². The molecular weight excluding hydrogens is 230 g/mol. The first-order valence-electron chi connectivity index (χ1n) is 5.74. The molecule has 0 fully saturated rings. The van der Waals surface area contributed by atoms with E-state index in [9.17, 15) is 4.79 Å². The predicted molar refractivity (Wildman–Crippen MR) is 69.2 cm³/mol. The van der Waals surface area contributed by atoms with Crippen LogP contribution in [0, 0.1) is 0 Å². The summed E-state index contributed by atoms with van der Waals surface area (Å²) in [6.45, 7) is 2.40. The highest BCUT2D eigenvalue weighted by atomic mass is 16.5.